The van der Waals surface area contributed by atoms with Crippen LogP contribution in [-0.2, 0) is 18.3 Å². The third-order valence-corrected chi connectivity index (χ3v) is 10.4. The first-order valence-electron chi connectivity index (χ1n) is 13.1. The van der Waals surface area contributed by atoms with Crippen molar-refractivity contribution in [3.05, 3.63) is 35.5 Å². The van der Waals surface area contributed by atoms with Crippen molar-refractivity contribution in [1.29, 1.82) is 0 Å². The average Bonchev–Trinajstić information content (AvgIpc) is 3.00. The van der Waals surface area contributed by atoms with Gasteiger partial charge in [0.1, 0.15) is 0 Å². The van der Waals surface area contributed by atoms with Crippen LogP contribution in [0.5, 0.6) is 0 Å². The maximum atomic E-state index is 5.15. The van der Waals surface area contributed by atoms with Gasteiger partial charge in [0.05, 0.1) is 0 Å². The molecule has 1 heteroatoms. The Labute approximate surface area is 185 Å². The molecule has 0 aromatic carbocycles. The summed E-state index contributed by atoms with van der Waals surface area (Å²) in [6.07, 6.45) is 15.8. The predicted octanol–water partition coefficient (Wildman–Crippen LogP) is 7.66. The van der Waals surface area contributed by atoms with Crippen molar-refractivity contribution in [1.82, 2.24) is 4.98 Å². The number of fused-ring (bicyclic) bond motifs is 2. The van der Waals surface area contributed by atoms with E-state index in [1.807, 2.05) is 0 Å². The van der Waals surface area contributed by atoms with Crippen LogP contribution in [0.1, 0.15) is 114 Å². The molecule has 5 rings (SSSR count). The molecule has 4 aliphatic rings. The van der Waals surface area contributed by atoms with Crippen LogP contribution in [0.15, 0.2) is 6.20 Å². The molecule has 1 saturated carbocycles. The fourth-order valence-corrected chi connectivity index (χ4v) is 8.58. The van der Waals surface area contributed by atoms with Crippen LogP contribution in [0.4, 0.5) is 0 Å². The van der Waals surface area contributed by atoms with E-state index in [9.17, 15) is 0 Å². The van der Waals surface area contributed by atoms with Gasteiger partial charge in [0.25, 0.3) is 0 Å². The van der Waals surface area contributed by atoms with E-state index in [4.69, 9.17) is 4.98 Å². The summed E-state index contributed by atoms with van der Waals surface area (Å²) >= 11 is 0. The number of hydrogen-bond acceptors (Lipinski definition) is 1. The summed E-state index contributed by atoms with van der Waals surface area (Å²) in [5, 5.41) is 0. The Morgan fingerprint density at radius 1 is 1.10 bits per heavy atom. The molecule has 165 valence electrons. The monoisotopic (exact) mass is 406 g/mol. The van der Waals surface area contributed by atoms with Gasteiger partial charge in [0, 0.05) is 11.9 Å². The van der Waals surface area contributed by atoms with Gasteiger partial charge in [-0.2, -0.15) is 0 Å². The molecule has 1 aromatic heterocycles. The Morgan fingerprint density at radius 2 is 1.90 bits per heavy atom. The molecule has 7 atom stereocenters. The minimum atomic E-state index is 0.392. The highest BCUT2D eigenvalue weighted by Crippen LogP contribution is 2.65. The lowest BCUT2D eigenvalue weighted by molar-refractivity contribution is 0.0325. The SMILES string of the molecule is [CH2]C1CCC2(C)C3CCC4(C)c5c(cnc(c53)C[C@H]2C1)CC4[C@H](C)CCCC(C)C. The molecule has 0 bridgehead atoms. The largest absolute Gasteiger partial charge is 0.261 e. The van der Waals surface area contributed by atoms with Gasteiger partial charge in [0.15, 0.2) is 0 Å². The standard InChI is InChI=1S/C29H44N/c1-18(2)8-7-9-20(4)24-15-21-17-30-25-16-22-14-19(3)10-12-28(22,5)23-11-13-29(24,6)27(21)26(23)25/h17-20,22-24H,3,7-16H2,1-2,4-6H3/t19?,20-,22-,23?,24?,28?,29?/m1/s1. The highest BCUT2D eigenvalue weighted by Gasteiger charge is 2.57. The third-order valence-electron chi connectivity index (χ3n) is 10.4. The van der Waals surface area contributed by atoms with E-state index in [0.29, 0.717) is 16.7 Å². The highest BCUT2D eigenvalue weighted by atomic mass is 14.7. The minimum Gasteiger partial charge on any atom is -0.261 e. The summed E-state index contributed by atoms with van der Waals surface area (Å²) < 4.78 is 0. The minimum absolute atomic E-state index is 0.392. The Bertz CT molecular complexity index is 809. The summed E-state index contributed by atoms with van der Waals surface area (Å²) in [4.78, 5) is 5.15. The van der Waals surface area contributed by atoms with Gasteiger partial charge >= 0.3 is 0 Å². The first-order chi connectivity index (χ1) is 14.2. The molecular weight excluding hydrogens is 362 g/mol. The molecule has 30 heavy (non-hydrogen) atoms. The Kier molecular flexibility index (Phi) is 5.15. The van der Waals surface area contributed by atoms with Crippen molar-refractivity contribution in [2.45, 2.75) is 110 Å². The van der Waals surface area contributed by atoms with Crippen LogP contribution in [0.3, 0.4) is 0 Å². The Balaban J connectivity index is 1.49. The molecule has 1 nitrogen and oxygen atoms in total. The van der Waals surface area contributed by atoms with Crippen LogP contribution >= 0.6 is 0 Å². The van der Waals surface area contributed by atoms with E-state index in [-0.39, 0.29) is 0 Å². The Hall–Kier alpha value is -0.850. The van der Waals surface area contributed by atoms with Gasteiger partial charge < -0.3 is 0 Å². The fourth-order valence-electron chi connectivity index (χ4n) is 8.58. The van der Waals surface area contributed by atoms with E-state index in [0.717, 1.165) is 29.6 Å². The van der Waals surface area contributed by atoms with Gasteiger partial charge in [-0.25, -0.2) is 0 Å². The van der Waals surface area contributed by atoms with Crippen molar-refractivity contribution in [2.24, 2.45) is 35.0 Å². The molecule has 0 spiro atoms. The molecule has 1 fully saturated rings. The summed E-state index contributed by atoms with van der Waals surface area (Å²) in [6.45, 7) is 17.0. The molecule has 0 saturated heterocycles. The molecular formula is C29H44N. The average molecular weight is 407 g/mol. The van der Waals surface area contributed by atoms with Crippen molar-refractivity contribution in [3.8, 4) is 0 Å². The van der Waals surface area contributed by atoms with E-state index in [1.165, 1.54) is 69.9 Å². The van der Waals surface area contributed by atoms with E-state index >= 15 is 0 Å². The summed E-state index contributed by atoms with van der Waals surface area (Å²) in [7, 11) is 0. The molecule has 4 aliphatic carbocycles. The predicted molar refractivity (Wildman–Crippen MR) is 127 cm³/mol. The summed E-state index contributed by atoms with van der Waals surface area (Å²) in [5.74, 6) is 4.68. The second-order valence-electron chi connectivity index (χ2n) is 12.7. The second-order valence-corrected chi connectivity index (χ2v) is 12.7. The molecule has 0 N–H and O–H groups in total. The molecule has 5 unspecified atom stereocenters. The zero-order valence-corrected chi connectivity index (χ0v) is 20.3. The van der Waals surface area contributed by atoms with Gasteiger partial charge in [-0.15, -0.1) is 0 Å². The highest BCUT2D eigenvalue weighted by molar-refractivity contribution is 5.52. The van der Waals surface area contributed by atoms with Crippen molar-refractivity contribution < 1.29 is 0 Å². The molecule has 0 aliphatic heterocycles. The molecule has 1 heterocycles. The molecule has 1 radical (unpaired) electrons. The van der Waals surface area contributed by atoms with E-state index in [1.54, 1.807) is 16.7 Å². The fraction of sp³-hybridized carbons (Fsp3) is 0.793. The maximum absolute atomic E-state index is 5.15. The zero-order chi connectivity index (χ0) is 21.3. The second kappa shape index (κ2) is 7.35. The zero-order valence-electron chi connectivity index (χ0n) is 20.3. The maximum Gasteiger partial charge on any atom is 0.0444 e. The quantitative estimate of drug-likeness (QED) is 0.489. The number of pyridine rings is 1. The van der Waals surface area contributed by atoms with Crippen LogP contribution in [-0.4, -0.2) is 4.98 Å². The number of aromatic nitrogens is 1. The summed E-state index contributed by atoms with van der Waals surface area (Å²) in [6, 6.07) is 0. The van der Waals surface area contributed by atoms with Crippen molar-refractivity contribution in [3.63, 3.8) is 0 Å². The lowest BCUT2D eigenvalue weighted by Gasteiger charge is -2.56. The number of rotatable bonds is 5. The van der Waals surface area contributed by atoms with Crippen LogP contribution in [0.2, 0.25) is 0 Å². The van der Waals surface area contributed by atoms with Gasteiger partial charge in [0.2, 0.25) is 0 Å². The Morgan fingerprint density at radius 3 is 2.67 bits per heavy atom. The topological polar surface area (TPSA) is 12.9 Å². The van der Waals surface area contributed by atoms with E-state index < -0.39 is 0 Å². The van der Waals surface area contributed by atoms with Crippen molar-refractivity contribution >= 4 is 0 Å². The first kappa shape index (κ1) is 21.0. The summed E-state index contributed by atoms with van der Waals surface area (Å²) in [5.41, 5.74) is 7.52. The molecule has 1 aromatic rings. The lowest BCUT2D eigenvalue weighted by atomic mass is 9.48. The smallest absolute Gasteiger partial charge is 0.0444 e. The van der Waals surface area contributed by atoms with Crippen LogP contribution in [0, 0.1) is 41.9 Å². The number of hydrogen-bond donors (Lipinski definition) is 0. The van der Waals surface area contributed by atoms with Crippen LogP contribution < -0.4 is 0 Å². The number of nitrogens with zero attached hydrogens (tertiary/aromatic N) is 1. The molecule has 0 amide bonds. The van der Waals surface area contributed by atoms with Crippen molar-refractivity contribution in [2.75, 3.05) is 0 Å². The van der Waals surface area contributed by atoms with Gasteiger partial charge in [-0.1, -0.05) is 60.8 Å². The van der Waals surface area contributed by atoms with E-state index in [2.05, 4.69) is 47.7 Å². The lowest BCUT2D eigenvalue weighted by Crippen LogP contribution is -2.48. The third kappa shape index (κ3) is 3.04. The van der Waals surface area contributed by atoms with Gasteiger partial charge in [-0.05, 0) is 108 Å². The first-order valence-corrected chi connectivity index (χ1v) is 13.1. The van der Waals surface area contributed by atoms with Crippen LogP contribution in [0.25, 0.3) is 0 Å². The normalized spacial score (nSPS) is 40.2. The van der Waals surface area contributed by atoms with Gasteiger partial charge in [-0.3, -0.25) is 4.98 Å².